The molecule has 0 heterocycles. The van der Waals surface area contributed by atoms with E-state index in [9.17, 15) is 22.4 Å². The van der Waals surface area contributed by atoms with Crippen LogP contribution in [0.15, 0.2) is 30.3 Å². The van der Waals surface area contributed by atoms with Crippen molar-refractivity contribution in [1.29, 1.82) is 0 Å². The normalized spacial score (nSPS) is 10.5. The number of rotatable bonds is 4. The van der Waals surface area contributed by atoms with Crippen molar-refractivity contribution in [2.24, 2.45) is 0 Å². The molecule has 0 bridgehead atoms. The van der Waals surface area contributed by atoms with Crippen molar-refractivity contribution in [2.45, 2.75) is 12.8 Å². The number of carbonyl (C=O) groups excluding carboxylic acids is 1. The molecule has 3 nitrogen and oxygen atoms in total. The summed E-state index contributed by atoms with van der Waals surface area (Å²) >= 11 is 0. The number of aromatic hydroxyl groups is 1. The van der Waals surface area contributed by atoms with Crippen molar-refractivity contribution in [3.63, 3.8) is 0 Å². The van der Waals surface area contributed by atoms with Gasteiger partial charge in [-0.3, -0.25) is 4.79 Å². The first-order valence-electron chi connectivity index (χ1n) is 6.20. The lowest BCUT2D eigenvalue weighted by Crippen LogP contribution is -2.12. The predicted octanol–water partition coefficient (Wildman–Crippen LogP) is 3.49. The third-order valence-corrected chi connectivity index (χ3v) is 2.84. The van der Waals surface area contributed by atoms with Gasteiger partial charge in [0, 0.05) is 12.5 Å². The molecule has 1 N–H and O–H groups in total. The Hall–Kier alpha value is -2.57. The van der Waals surface area contributed by atoms with E-state index in [1.54, 1.807) is 12.1 Å². The van der Waals surface area contributed by atoms with Crippen LogP contribution in [-0.2, 0) is 11.2 Å². The first-order valence-corrected chi connectivity index (χ1v) is 6.20. The van der Waals surface area contributed by atoms with Crippen LogP contribution in [0.1, 0.15) is 12.0 Å². The molecule has 0 aliphatic heterocycles. The predicted molar refractivity (Wildman–Crippen MR) is 68.3 cm³/mol. The summed E-state index contributed by atoms with van der Waals surface area (Å²) in [5.41, 5.74) is 0.668. The van der Waals surface area contributed by atoms with Gasteiger partial charge >= 0.3 is 5.97 Å². The monoisotopic (exact) mass is 314 g/mol. The number of aryl methyl sites for hydroxylation is 1. The molecule has 0 spiro atoms. The SMILES string of the molecule is O=C(CCc1ccc(O)cc1)Oc1c(F)c(F)cc(F)c1F. The number of ether oxygens (including phenoxy) is 1. The summed E-state index contributed by atoms with van der Waals surface area (Å²) in [5, 5.41) is 9.10. The molecule has 7 heteroatoms. The first-order chi connectivity index (χ1) is 10.4. The molecule has 0 unspecified atom stereocenters. The van der Waals surface area contributed by atoms with E-state index in [-0.39, 0.29) is 24.7 Å². The standard InChI is InChI=1S/C15H10F4O3/c16-10-7-11(17)14(19)15(13(10)18)22-12(21)6-3-8-1-4-9(20)5-2-8/h1-2,4-5,7,20H,3,6H2. The minimum atomic E-state index is -1.77. The largest absolute Gasteiger partial charge is 0.508 e. The van der Waals surface area contributed by atoms with Crippen molar-refractivity contribution in [3.05, 3.63) is 59.2 Å². The van der Waals surface area contributed by atoms with E-state index in [2.05, 4.69) is 4.74 Å². The highest BCUT2D eigenvalue weighted by atomic mass is 19.2. The van der Waals surface area contributed by atoms with Gasteiger partial charge in [0.25, 0.3) is 0 Å². The Bertz CT molecular complexity index is 673. The van der Waals surface area contributed by atoms with Crippen LogP contribution in [0.3, 0.4) is 0 Å². The zero-order chi connectivity index (χ0) is 16.3. The molecule has 0 aliphatic carbocycles. The Morgan fingerprint density at radius 1 is 1.00 bits per heavy atom. The van der Waals surface area contributed by atoms with Crippen molar-refractivity contribution >= 4 is 5.97 Å². The molecule has 2 aromatic carbocycles. The number of benzene rings is 2. The molecule has 0 saturated carbocycles. The third-order valence-electron chi connectivity index (χ3n) is 2.84. The number of hydrogen-bond acceptors (Lipinski definition) is 3. The van der Waals surface area contributed by atoms with Gasteiger partial charge in [-0.05, 0) is 24.1 Å². The van der Waals surface area contributed by atoms with Crippen LogP contribution in [0.2, 0.25) is 0 Å². The van der Waals surface area contributed by atoms with E-state index >= 15 is 0 Å². The number of carbonyl (C=O) groups is 1. The Labute approximate surface area is 122 Å². The van der Waals surface area contributed by atoms with Gasteiger partial charge in [0.15, 0.2) is 11.6 Å². The molecule has 0 radical (unpaired) electrons. The van der Waals surface area contributed by atoms with Crippen LogP contribution in [-0.4, -0.2) is 11.1 Å². The van der Waals surface area contributed by atoms with Gasteiger partial charge in [-0.1, -0.05) is 12.1 Å². The maximum atomic E-state index is 13.3. The number of phenols is 1. The fraction of sp³-hybridized carbons (Fsp3) is 0.133. The van der Waals surface area contributed by atoms with Crippen molar-refractivity contribution in [1.82, 2.24) is 0 Å². The first kappa shape index (κ1) is 15.8. The van der Waals surface area contributed by atoms with Crippen LogP contribution < -0.4 is 4.74 Å². The average molecular weight is 314 g/mol. The van der Waals surface area contributed by atoms with Crippen LogP contribution in [0.4, 0.5) is 17.6 Å². The molecule has 0 amide bonds. The molecular formula is C15H10F4O3. The topological polar surface area (TPSA) is 46.5 Å². The summed E-state index contributed by atoms with van der Waals surface area (Å²) in [6.45, 7) is 0. The van der Waals surface area contributed by atoms with Gasteiger partial charge in [-0.25, -0.2) is 8.78 Å². The Balaban J connectivity index is 2.05. The number of phenolic OH excluding ortho intramolecular Hbond substituents is 1. The van der Waals surface area contributed by atoms with E-state index in [0.717, 1.165) is 0 Å². The Kier molecular flexibility index (Phi) is 4.65. The molecule has 0 aromatic heterocycles. The van der Waals surface area contributed by atoms with Crippen molar-refractivity contribution < 1.29 is 32.2 Å². The Morgan fingerprint density at radius 2 is 1.55 bits per heavy atom. The summed E-state index contributed by atoms with van der Waals surface area (Å²) in [4.78, 5) is 11.5. The fourth-order valence-electron chi connectivity index (χ4n) is 1.71. The maximum Gasteiger partial charge on any atom is 0.311 e. The molecule has 0 saturated heterocycles. The summed E-state index contributed by atoms with van der Waals surface area (Å²) in [6.07, 6.45) is -0.0953. The van der Waals surface area contributed by atoms with Gasteiger partial charge in [0.2, 0.25) is 17.4 Å². The number of hydrogen-bond donors (Lipinski definition) is 1. The van der Waals surface area contributed by atoms with Gasteiger partial charge < -0.3 is 9.84 Å². The van der Waals surface area contributed by atoms with Gasteiger partial charge in [-0.15, -0.1) is 0 Å². The smallest absolute Gasteiger partial charge is 0.311 e. The number of esters is 1. The maximum absolute atomic E-state index is 13.3. The van der Waals surface area contributed by atoms with E-state index in [1.165, 1.54) is 12.1 Å². The molecule has 2 aromatic rings. The highest BCUT2D eigenvalue weighted by Crippen LogP contribution is 2.26. The average Bonchev–Trinajstić information content (AvgIpc) is 2.49. The van der Waals surface area contributed by atoms with Crippen LogP contribution >= 0.6 is 0 Å². The number of halogens is 4. The van der Waals surface area contributed by atoms with Gasteiger partial charge in [0.05, 0.1) is 0 Å². The molecule has 116 valence electrons. The highest BCUT2D eigenvalue weighted by molar-refractivity contribution is 5.72. The van der Waals surface area contributed by atoms with Crippen molar-refractivity contribution in [3.8, 4) is 11.5 Å². The van der Waals surface area contributed by atoms with Gasteiger partial charge in [-0.2, -0.15) is 8.78 Å². The summed E-state index contributed by atoms with van der Waals surface area (Å²) < 4.78 is 56.9. The zero-order valence-electron chi connectivity index (χ0n) is 11.1. The van der Waals surface area contributed by atoms with Crippen molar-refractivity contribution in [2.75, 3.05) is 0 Å². The van der Waals surface area contributed by atoms with E-state index < -0.39 is 35.0 Å². The summed E-state index contributed by atoms with van der Waals surface area (Å²) in [5.74, 6) is -9.23. The summed E-state index contributed by atoms with van der Waals surface area (Å²) in [7, 11) is 0. The minimum Gasteiger partial charge on any atom is -0.508 e. The van der Waals surface area contributed by atoms with Crippen LogP contribution in [0.5, 0.6) is 11.5 Å². The second-order valence-corrected chi connectivity index (χ2v) is 4.44. The minimum absolute atomic E-state index is 0.0262. The molecule has 2 rings (SSSR count). The summed E-state index contributed by atoms with van der Waals surface area (Å²) in [6, 6.07) is 5.93. The van der Waals surface area contributed by atoms with E-state index in [1.807, 2.05) is 0 Å². The van der Waals surface area contributed by atoms with E-state index in [4.69, 9.17) is 5.11 Å². The Morgan fingerprint density at radius 3 is 2.09 bits per heavy atom. The lowest BCUT2D eigenvalue weighted by atomic mass is 10.1. The van der Waals surface area contributed by atoms with Gasteiger partial charge in [0.1, 0.15) is 5.75 Å². The zero-order valence-corrected chi connectivity index (χ0v) is 11.1. The molecule has 0 atom stereocenters. The quantitative estimate of drug-likeness (QED) is 0.407. The highest BCUT2D eigenvalue weighted by Gasteiger charge is 2.22. The van der Waals surface area contributed by atoms with E-state index in [0.29, 0.717) is 5.56 Å². The van der Waals surface area contributed by atoms with Crippen LogP contribution in [0, 0.1) is 23.3 Å². The lowest BCUT2D eigenvalue weighted by molar-refractivity contribution is -0.134. The lowest BCUT2D eigenvalue weighted by Gasteiger charge is -2.08. The van der Waals surface area contributed by atoms with Crippen LogP contribution in [0.25, 0.3) is 0 Å². The molecular weight excluding hydrogens is 304 g/mol. The second-order valence-electron chi connectivity index (χ2n) is 4.44. The molecule has 0 fully saturated rings. The fourth-order valence-corrected chi connectivity index (χ4v) is 1.71. The molecule has 0 aliphatic rings. The second kappa shape index (κ2) is 6.46. The third kappa shape index (κ3) is 3.55. The molecule has 22 heavy (non-hydrogen) atoms.